The number of nitrogens with zero attached hydrogens (tertiary/aromatic N) is 1. The predicted octanol–water partition coefficient (Wildman–Crippen LogP) is 4.06. The number of hydrogen-bond donors (Lipinski definition) is 1. The molecule has 0 saturated carbocycles. The lowest BCUT2D eigenvalue weighted by atomic mass is 10.0. The maximum Gasteiger partial charge on any atom is 0.258 e. The molecule has 0 fully saturated rings. The largest absolute Gasteiger partial charge is 0.484 e. The van der Waals surface area contributed by atoms with Gasteiger partial charge in [0.1, 0.15) is 11.6 Å². The topological polar surface area (TPSA) is 41.6 Å². The number of nitrogens with one attached hydrogen (secondary N) is 1. The second-order valence-corrected chi connectivity index (χ2v) is 6.21. The quantitative estimate of drug-likeness (QED) is 0.715. The first-order valence-corrected chi connectivity index (χ1v) is 9.06. The molecule has 0 aromatic heterocycles. The number of carbonyl (C=O) groups is 1. The molecule has 6 heteroatoms. The standard InChI is InChI=1S/C20H24ClFN2O2/c1-3-24(4-2)19(17-7-5-6-8-18(17)21)13-23-20(25)14-26-16-11-9-15(22)10-12-16/h5-12,19H,3-4,13-14H2,1-2H3,(H,23,25)/t19-/m0/s1. The van der Waals surface area contributed by atoms with Crippen LogP contribution in [0.4, 0.5) is 4.39 Å². The monoisotopic (exact) mass is 378 g/mol. The third-order valence-corrected chi connectivity index (χ3v) is 4.54. The minimum atomic E-state index is -0.344. The van der Waals surface area contributed by atoms with Crippen molar-refractivity contribution in [3.63, 3.8) is 0 Å². The van der Waals surface area contributed by atoms with Crippen molar-refractivity contribution in [1.29, 1.82) is 0 Å². The molecular formula is C20H24ClFN2O2. The van der Waals surface area contributed by atoms with E-state index in [0.29, 0.717) is 17.3 Å². The van der Waals surface area contributed by atoms with E-state index in [4.69, 9.17) is 16.3 Å². The average molecular weight is 379 g/mol. The summed E-state index contributed by atoms with van der Waals surface area (Å²) < 4.78 is 18.3. The van der Waals surface area contributed by atoms with Gasteiger partial charge in [0, 0.05) is 11.6 Å². The fourth-order valence-corrected chi connectivity index (χ4v) is 3.05. The molecule has 0 heterocycles. The fraction of sp³-hybridized carbons (Fsp3) is 0.350. The van der Waals surface area contributed by atoms with Gasteiger partial charge in [0.25, 0.3) is 5.91 Å². The summed E-state index contributed by atoms with van der Waals surface area (Å²) in [6, 6.07) is 13.2. The van der Waals surface area contributed by atoms with Gasteiger partial charge in [-0.15, -0.1) is 0 Å². The average Bonchev–Trinajstić information content (AvgIpc) is 2.65. The molecule has 0 saturated heterocycles. The van der Waals surface area contributed by atoms with Crippen LogP contribution in [0.5, 0.6) is 5.75 Å². The van der Waals surface area contributed by atoms with Crippen molar-refractivity contribution >= 4 is 17.5 Å². The van der Waals surface area contributed by atoms with Crippen molar-refractivity contribution in [3.05, 3.63) is 64.9 Å². The van der Waals surface area contributed by atoms with Gasteiger partial charge < -0.3 is 10.1 Å². The van der Waals surface area contributed by atoms with Gasteiger partial charge in [-0.25, -0.2) is 4.39 Å². The molecule has 0 spiro atoms. The highest BCUT2D eigenvalue weighted by atomic mass is 35.5. The van der Waals surface area contributed by atoms with Crippen LogP contribution in [0, 0.1) is 5.82 Å². The Bertz CT molecular complexity index is 705. The molecule has 0 bridgehead atoms. The summed E-state index contributed by atoms with van der Waals surface area (Å²) in [4.78, 5) is 14.4. The highest BCUT2D eigenvalue weighted by Crippen LogP contribution is 2.26. The van der Waals surface area contributed by atoms with Gasteiger partial charge in [0.15, 0.2) is 6.61 Å². The number of amides is 1. The van der Waals surface area contributed by atoms with Crippen LogP contribution in [0.1, 0.15) is 25.5 Å². The highest BCUT2D eigenvalue weighted by molar-refractivity contribution is 6.31. The van der Waals surface area contributed by atoms with Gasteiger partial charge in [-0.3, -0.25) is 9.69 Å². The van der Waals surface area contributed by atoms with Crippen molar-refractivity contribution in [2.24, 2.45) is 0 Å². The summed E-state index contributed by atoms with van der Waals surface area (Å²) in [5.74, 6) is -0.130. The summed E-state index contributed by atoms with van der Waals surface area (Å²) in [5.41, 5.74) is 0.984. The van der Waals surface area contributed by atoms with Crippen molar-refractivity contribution in [2.75, 3.05) is 26.2 Å². The van der Waals surface area contributed by atoms with Crippen molar-refractivity contribution < 1.29 is 13.9 Å². The van der Waals surface area contributed by atoms with Crippen molar-refractivity contribution in [1.82, 2.24) is 10.2 Å². The van der Waals surface area contributed by atoms with Crippen LogP contribution >= 0.6 is 11.6 Å². The molecule has 0 aliphatic rings. The maximum absolute atomic E-state index is 12.9. The molecule has 140 valence electrons. The number of likely N-dealkylation sites (N-methyl/N-ethyl adjacent to an activating group) is 1. The summed E-state index contributed by atoms with van der Waals surface area (Å²) >= 11 is 6.35. The Balaban J connectivity index is 1.96. The van der Waals surface area contributed by atoms with Gasteiger partial charge >= 0.3 is 0 Å². The third kappa shape index (κ3) is 5.71. The van der Waals surface area contributed by atoms with Gasteiger partial charge in [0.05, 0.1) is 6.04 Å². The predicted molar refractivity (Wildman–Crippen MR) is 102 cm³/mol. The van der Waals surface area contributed by atoms with Crippen LogP contribution in [0.25, 0.3) is 0 Å². The molecule has 1 amide bonds. The van der Waals surface area contributed by atoms with Gasteiger partial charge in [-0.05, 0) is 49.0 Å². The van der Waals surface area contributed by atoms with Crippen LogP contribution in [0.2, 0.25) is 5.02 Å². The summed E-state index contributed by atoms with van der Waals surface area (Å²) in [6.45, 7) is 6.14. The van der Waals surface area contributed by atoms with E-state index in [1.807, 2.05) is 24.3 Å². The Kier molecular flexibility index (Phi) is 7.88. The molecule has 2 rings (SSSR count). The van der Waals surface area contributed by atoms with E-state index in [0.717, 1.165) is 18.7 Å². The first kappa shape index (κ1) is 20.2. The van der Waals surface area contributed by atoms with Crippen molar-refractivity contribution in [3.8, 4) is 5.75 Å². The van der Waals surface area contributed by atoms with Gasteiger partial charge in [-0.2, -0.15) is 0 Å². The number of ether oxygens (including phenoxy) is 1. The molecule has 0 unspecified atom stereocenters. The lowest BCUT2D eigenvalue weighted by molar-refractivity contribution is -0.123. The van der Waals surface area contributed by atoms with Crippen LogP contribution in [-0.2, 0) is 4.79 Å². The smallest absolute Gasteiger partial charge is 0.258 e. The number of halogens is 2. The summed E-state index contributed by atoms with van der Waals surface area (Å²) in [6.07, 6.45) is 0. The molecule has 0 radical (unpaired) electrons. The van der Waals surface area contributed by atoms with Gasteiger partial charge in [-0.1, -0.05) is 43.6 Å². The number of carbonyl (C=O) groups excluding carboxylic acids is 1. The second kappa shape index (κ2) is 10.1. The van der Waals surface area contributed by atoms with Crippen molar-refractivity contribution in [2.45, 2.75) is 19.9 Å². The van der Waals surface area contributed by atoms with E-state index in [9.17, 15) is 9.18 Å². The lowest BCUT2D eigenvalue weighted by Gasteiger charge is -2.30. The molecule has 2 aromatic carbocycles. The summed E-state index contributed by atoms with van der Waals surface area (Å²) in [5, 5.41) is 3.58. The van der Waals surface area contributed by atoms with Crippen LogP contribution in [-0.4, -0.2) is 37.0 Å². The van der Waals surface area contributed by atoms with Crippen LogP contribution in [0.15, 0.2) is 48.5 Å². The van der Waals surface area contributed by atoms with E-state index < -0.39 is 0 Å². The Morgan fingerprint density at radius 2 is 1.81 bits per heavy atom. The zero-order valence-electron chi connectivity index (χ0n) is 15.0. The minimum Gasteiger partial charge on any atom is -0.484 e. The molecule has 1 N–H and O–H groups in total. The number of benzene rings is 2. The molecule has 26 heavy (non-hydrogen) atoms. The first-order valence-electron chi connectivity index (χ1n) is 8.68. The van der Waals surface area contributed by atoms with E-state index in [1.54, 1.807) is 0 Å². The van der Waals surface area contributed by atoms with E-state index in [1.165, 1.54) is 24.3 Å². The Hall–Kier alpha value is -2.11. The minimum absolute atomic E-state index is 0.0199. The molecule has 1 atom stereocenters. The van der Waals surface area contributed by atoms with Crippen LogP contribution < -0.4 is 10.1 Å². The zero-order valence-corrected chi connectivity index (χ0v) is 15.8. The third-order valence-electron chi connectivity index (χ3n) is 4.19. The van der Waals surface area contributed by atoms with E-state index in [-0.39, 0.29) is 24.4 Å². The highest BCUT2D eigenvalue weighted by Gasteiger charge is 2.21. The molecule has 2 aromatic rings. The Morgan fingerprint density at radius 1 is 1.15 bits per heavy atom. The Morgan fingerprint density at radius 3 is 2.42 bits per heavy atom. The SMILES string of the molecule is CCN(CC)[C@@H](CNC(=O)COc1ccc(F)cc1)c1ccccc1Cl. The van der Waals surface area contributed by atoms with E-state index >= 15 is 0 Å². The fourth-order valence-electron chi connectivity index (χ4n) is 2.79. The zero-order chi connectivity index (χ0) is 18.9. The van der Waals surface area contributed by atoms with Crippen LogP contribution in [0.3, 0.4) is 0 Å². The van der Waals surface area contributed by atoms with Gasteiger partial charge in [0.2, 0.25) is 0 Å². The maximum atomic E-state index is 12.9. The number of rotatable bonds is 9. The molecule has 0 aliphatic carbocycles. The molecular weight excluding hydrogens is 355 g/mol. The first-order chi connectivity index (χ1) is 12.5. The Labute approximate surface area is 158 Å². The number of hydrogen-bond acceptors (Lipinski definition) is 3. The molecule has 0 aliphatic heterocycles. The summed E-state index contributed by atoms with van der Waals surface area (Å²) in [7, 11) is 0. The lowest BCUT2D eigenvalue weighted by Crippen LogP contribution is -2.39. The normalized spacial score (nSPS) is 12.0. The molecule has 4 nitrogen and oxygen atoms in total. The second-order valence-electron chi connectivity index (χ2n) is 5.81. The van der Waals surface area contributed by atoms with E-state index in [2.05, 4.69) is 24.1 Å².